The highest BCUT2D eigenvalue weighted by atomic mass is 16.5. The topological polar surface area (TPSA) is 58.3 Å². The number of fused-ring (bicyclic) bond motifs is 1. The lowest BCUT2D eigenvalue weighted by molar-refractivity contribution is 0.171. The predicted molar refractivity (Wildman–Crippen MR) is 130 cm³/mol. The van der Waals surface area contributed by atoms with Crippen molar-refractivity contribution in [3.63, 3.8) is 0 Å². The lowest BCUT2D eigenvalue weighted by Crippen LogP contribution is -2.39. The molecule has 0 unspecified atom stereocenters. The number of aromatic nitrogens is 1. The predicted octanol–water partition coefficient (Wildman–Crippen LogP) is 5.15. The zero-order valence-electron chi connectivity index (χ0n) is 19.4. The lowest BCUT2D eigenvalue weighted by atomic mass is 9.82. The Kier molecular flexibility index (Phi) is 5.97. The molecule has 4 rings (SSSR count). The maximum absolute atomic E-state index is 12.5. The molecular formula is C27H31N3O2. The highest BCUT2D eigenvalue weighted by Crippen LogP contribution is 2.31. The minimum atomic E-state index is -0.0364. The van der Waals surface area contributed by atoms with Crippen LogP contribution in [0.2, 0.25) is 0 Å². The van der Waals surface area contributed by atoms with Gasteiger partial charge in [0.1, 0.15) is 11.9 Å². The van der Waals surface area contributed by atoms with Crippen molar-refractivity contribution >= 4 is 16.6 Å². The fourth-order valence-corrected chi connectivity index (χ4v) is 4.37. The Bertz CT molecular complexity index is 1210. The second-order valence-corrected chi connectivity index (χ2v) is 9.34. The third-order valence-corrected chi connectivity index (χ3v) is 6.96. The van der Waals surface area contributed by atoms with E-state index in [9.17, 15) is 10.1 Å². The van der Waals surface area contributed by atoms with E-state index in [0.29, 0.717) is 5.56 Å². The van der Waals surface area contributed by atoms with Gasteiger partial charge >= 0.3 is 0 Å². The molecule has 0 radical (unpaired) electrons. The van der Waals surface area contributed by atoms with Crippen LogP contribution in [0.25, 0.3) is 10.9 Å². The summed E-state index contributed by atoms with van der Waals surface area (Å²) in [6.45, 7) is 8.36. The number of hydrogen-bond donors (Lipinski definition) is 0. The number of ether oxygens (including phenoxy) is 1. The number of rotatable bonds is 5. The second-order valence-electron chi connectivity index (χ2n) is 9.34. The minimum absolute atomic E-state index is 0.0364. The van der Waals surface area contributed by atoms with Gasteiger partial charge in [0, 0.05) is 44.4 Å². The average molecular weight is 430 g/mol. The van der Waals surface area contributed by atoms with Gasteiger partial charge in [0.15, 0.2) is 0 Å². The summed E-state index contributed by atoms with van der Waals surface area (Å²) in [4.78, 5) is 14.8. The molecular weight excluding hydrogens is 398 g/mol. The summed E-state index contributed by atoms with van der Waals surface area (Å²) in [6.07, 6.45) is 3.02. The molecule has 1 aliphatic heterocycles. The summed E-state index contributed by atoms with van der Waals surface area (Å²) in [5.41, 5.74) is 3.82. The fraction of sp³-hybridized carbons (Fsp3) is 0.407. The maximum atomic E-state index is 12.5. The zero-order valence-corrected chi connectivity index (χ0v) is 19.4. The quantitative estimate of drug-likeness (QED) is 0.563. The molecule has 1 aliphatic rings. The van der Waals surface area contributed by atoms with E-state index in [2.05, 4.69) is 56.0 Å². The number of piperidine rings is 1. The Morgan fingerprint density at radius 3 is 2.41 bits per heavy atom. The van der Waals surface area contributed by atoms with Crippen molar-refractivity contribution in [2.75, 3.05) is 18.0 Å². The van der Waals surface area contributed by atoms with Gasteiger partial charge in [-0.3, -0.25) is 4.79 Å². The van der Waals surface area contributed by atoms with Gasteiger partial charge in [-0.2, -0.15) is 5.26 Å². The van der Waals surface area contributed by atoms with Crippen molar-refractivity contribution in [1.82, 2.24) is 4.57 Å². The maximum Gasteiger partial charge on any atom is 0.252 e. The molecule has 2 heterocycles. The summed E-state index contributed by atoms with van der Waals surface area (Å²) in [6, 6.07) is 17.9. The summed E-state index contributed by atoms with van der Waals surface area (Å²) in [7, 11) is 1.77. The molecule has 0 amide bonds. The van der Waals surface area contributed by atoms with Crippen LogP contribution in [0.1, 0.15) is 51.2 Å². The summed E-state index contributed by atoms with van der Waals surface area (Å²) >= 11 is 0. The number of anilines is 1. The molecule has 0 N–H and O–H groups in total. The third kappa shape index (κ3) is 4.23. The van der Waals surface area contributed by atoms with E-state index < -0.39 is 0 Å². The van der Waals surface area contributed by atoms with Crippen molar-refractivity contribution < 1.29 is 4.74 Å². The molecule has 1 fully saturated rings. The summed E-state index contributed by atoms with van der Waals surface area (Å²) in [5.74, 6) is 0.914. The Morgan fingerprint density at radius 1 is 1.09 bits per heavy atom. The van der Waals surface area contributed by atoms with Crippen LogP contribution in [0.5, 0.6) is 5.75 Å². The van der Waals surface area contributed by atoms with Crippen molar-refractivity contribution in [2.45, 2.75) is 51.6 Å². The van der Waals surface area contributed by atoms with Gasteiger partial charge in [0.05, 0.1) is 22.8 Å². The number of nitriles is 1. The molecule has 0 bridgehead atoms. The first-order valence-corrected chi connectivity index (χ1v) is 11.4. The van der Waals surface area contributed by atoms with Gasteiger partial charge in [0.25, 0.3) is 5.56 Å². The first-order chi connectivity index (χ1) is 15.3. The van der Waals surface area contributed by atoms with Crippen molar-refractivity contribution in [2.24, 2.45) is 7.05 Å². The number of nitrogens with zero attached hydrogens (tertiary/aromatic N) is 3. The largest absolute Gasteiger partial charge is 0.490 e. The minimum Gasteiger partial charge on any atom is -0.490 e. The Morgan fingerprint density at radius 2 is 1.78 bits per heavy atom. The number of aryl methyl sites for hydroxylation is 1. The van der Waals surface area contributed by atoms with E-state index in [1.54, 1.807) is 23.7 Å². The van der Waals surface area contributed by atoms with Crippen LogP contribution in [0.4, 0.5) is 5.69 Å². The number of pyridine rings is 1. The summed E-state index contributed by atoms with van der Waals surface area (Å²) in [5, 5.41) is 10.3. The van der Waals surface area contributed by atoms with Crippen molar-refractivity contribution in [3.8, 4) is 11.8 Å². The molecule has 3 aromatic rings. The van der Waals surface area contributed by atoms with E-state index in [1.807, 2.05) is 12.1 Å². The molecule has 0 saturated carbocycles. The highest BCUT2D eigenvalue weighted by Gasteiger charge is 2.23. The van der Waals surface area contributed by atoms with Crippen LogP contribution in [-0.4, -0.2) is 23.8 Å². The van der Waals surface area contributed by atoms with Crippen molar-refractivity contribution in [1.29, 1.82) is 5.26 Å². The monoisotopic (exact) mass is 429 g/mol. The Hall–Kier alpha value is -3.26. The van der Waals surface area contributed by atoms with Crippen LogP contribution in [-0.2, 0) is 12.5 Å². The van der Waals surface area contributed by atoms with Gasteiger partial charge in [-0.25, -0.2) is 0 Å². The smallest absolute Gasteiger partial charge is 0.252 e. The normalized spacial score (nSPS) is 15.0. The molecule has 1 aromatic heterocycles. The summed E-state index contributed by atoms with van der Waals surface area (Å²) < 4.78 is 7.91. The van der Waals surface area contributed by atoms with Gasteiger partial charge in [-0.15, -0.1) is 0 Å². The molecule has 0 spiro atoms. The van der Waals surface area contributed by atoms with E-state index in [1.165, 1.54) is 5.56 Å². The van der Waals surface area contributed by atoms with E-state index in [4.69, 9.17) is 4.74 Å². The molecule has 5 nitrogen and oxygen atoms in total. The number of hydrogen-bond acceptors (Lipinski definition) is 4. The molecule has 1 saturated heterocycles. The average Bonchev–Trinajstić information content (AvgIpc) is 2.82. The van der Waals surface area contributed by atoms with Crippen molar-refractivity contribution in [3.05, 3.63) is 70.0 Å². The number of benzene rings is 2. The van der Waals surface area contributed by atoms with Crippen LogP contribution in [0.15, 0.2) is 53.3 Å². The first-order valence-electron chi connectivity index (χ1n) is 11.4. The molecule has 0 aliphatic carbocycles. The zero-order chi connectivity index (χ0) is 22.9. The Balaban J connectivity index is 1.49. The van der Waals surface area contributed by atoms with Gasteiger partial charge in [0.2, 0.25) is 0 Å². The van der Waals surface area contributed by atoms with Crippen LogP contribution < -0.4 is 15.2 Å². The van der Waals surface area contributed by atoms with Gasteiger partial charge in [-0.1, -0.05) is 32.9 Å². The fourth-order valence-electron chi connectivity index (χ4n) is 4.37. The standard InChI is InChI=1S/C27H31N3O2/c1-5-27(2,3)20-7-9-21(10-8-20)32-22-12-14-30(15-13-22)25-17-26(31)29(4)24-11-6-19(18-28)16-23(24)25/h6-11,16-17,22H,5,12-15H2,1-4H3. The highest BCUT2D eigenvalue weighted by molar-refractivity contribution is 5.93. The third-order valence-electron chi connectivity index (χ3n) is 6.96. The van der Waals surface area contributed by atoms with Crippen LogP contribution in [0.3, 0.4) is 0 Å². The van der Waals surface area contributed by atoms with Crippen LogP contribution in [0, 0.1) is 11.3 Å². The Labute approximate surface area is 189 Å². The molecule has 166 valence electrons. The lowest BCUT2D eigenvalue weighted by Gasteiger charge is -2.34. The molecule has 0 atom stereocenters. The SMILES string of the molecule is CCC(C)(C)c1ccc(OC2CCN(c3cc(=O)n(C)c4ccc(C#N)cc34)CC2)cc1. The van der Waals surface area contributed by atoms with E-state index >= 15 is 0 Å². The van der Waals surface area contributed by atoms with Crippen LogP contribution >= 0.6 is 0 Å². The molecule has 5 heteroatoms. The molecule has 2 aromatic carbocycles. The van der Waals surface area contributed by atoms with Gasteiger partial charge < -0.3 is 14.2 Å². The molecule has 32 heavy (non-hydrogen) atoms. The van der Waals surface area contributed by atoms with Gasteiger partial charge in [-0.05, 0) is 47.7 Å². The van der Waals surface area contributed by atoms with E-state index in [0.717, 1.165) is 54.7 Å². The second kappa shape index (κ2) is 8.70. The first kappa shape index (κ1) is 22.0. The van der Waals surface area contributed by atoms with E-state index in [-0.39, 0.29) is 17.1 Å².